The fourth-order valence-corrected chi connectivity index (χ4v) is 2.47. The van der Waals surface area contributed by atoms with Crippen molar-refractivity contribution in [1.29, 1.82) is 0 Å². The van der Waals surface area contributed by atoms with E-state index in [-0.39, 0.29) is 17.9 Å². The minimum Gasteiger partial charge on any atom is -0.484 e. The van der Waals surface area contributed by atoms with Crippen molar-refractivity contribution in [3.8, 4) is 11.4 Å². The molecule has 0 aliphatic rings. The lowest BCUT2D eigenvalue weighted by Gasteiger charge is -2.10. The predicted molar refractivity (Wildman–Crippen MR) is 107 cm³/mol. The number of hydrazine groups is 1. The van der Waals surface area contributed by atoms with Gasteiger partial charge in [0.25, 0.3) is 17.4 Å². The topological polar surface area (TPSA) is 102 Å². The molecule has 148 valence electrons. The zero-order valence-corrected chi connectivity index (χ0v) is 16.0. The maximum absolute atomic E-state index is 12.3. The highest BCUT2D eigenvalue weighted by atomic mass is 16.5. The van der Waals surface area contributed by atoms with E-state index in [0.29, 0.717) is 11.4 Å². The minimum atomic E-state index is -0.658. The van der Waals surface area contributed by atoms with Crippen LogP contribution in [0.25, 0.3) is 5.69 Å². The monoisotopic (exact) mass is 392 g/mol. The lowest BCUT2D eigenvalue weighted by atomic mass is 10.1. The average molecular weight is 392 g/mol. The van der Waals surface area contributed by atoms with E-state index in [0.717, 1.165) is 15.8 Å². The summed E-state index contributed by atoms with van der Waals surface area (Å²) < 4.78 is 6.52. The zero-order valence-electron chi connectivity index (χ0n) is 16.0. The fourth-order valence-electron chi connectivity index (χ4n) is 2.47. The number of carbonyl (C=O) groups excluding carboxylic acids is 2. The fraction of sp³-hybridized carbons (Fsp3) is 0.143. The maximum Gasteiger partial charge on any atom is 0.290 e. The van der Waals surface area contributed by atoms with Gasteiger partial charge in [-0.3, -0.25) is 25.2 Å². The second-order valence-corrected chi connectivity index (χ2v) is 6.34. The average Bonchev–Trinajstić information content (AvgIpc) is 2.73. The third-order valence-electron chi connectivity index (χ3n) is 4.20. The van der Waals surface area contributed by atoms with Crippen LogP contribution in [-0.4, -0.2) is 28.2 Å². The summed E-state index contributed by atoms with van der Waals surface area (Å²) in [4.78, 5) is 36.2. The number of amides is 2. The van der Waals surface area contributed by atoms with Crippen molar-refractivity contribution >= 4 is 11.8 Å². The molecule has 3 aromatic rings. The molecule has 0 unspecified atom stereocenters. The number of aromatic nitrogens is 2. The van der Waals surface area contributed by atoms with E-state index in [4.69, 9.17) is 4.74 Å². The Morgan fingerprint density at radius 2 is 1.72 bits per heavy atom. The van der Waals surface area contributed by atoms with Crippen molar-refractivity contribution in [3.05, 3.63) is 87.8 Å². The lowest BCUT2D eigenvalue weighted by molar-refractivity contribution is -0.123. The van der Waals surface area contributed by atoms with Crippen molar-refractivity contribution in [2.45, 2.75) is 13.8 Å². The molecule has 0 aliphatic carbocycles. The second-order valence-electron chi connectivity index (χ2n) is 6.34. The summed E-state index contributed by atoms with van der Waals surface area (Å²) in [5.74, 6) is -0.631. The molecule has 0 radical (unpaired) electrons. The van der Waals surface area contributed by atoms with Gasteiger partial charge in [0.2, 0.25) is 0 Å². The van der Waals surface area contributed by atoms with Crippen molar-refractivity contribution in [2.24, 2.45) is 0 Å². The van der Waals surface area contributed by atoms with E-state index >= 15 is 0 Å². The van der Waals surface area contributed by atoms with Gasteiger partial charge >= 0.3 is 0 Å². The Morgan fingerprint density at radius 3 is 2.45 bits per heavy atom. The van der Waals surface area contributed by atoms with Gasteiger partial charge in [0.1, 0.15) is 5.75 Å². The summed E-state index contributed by atoms with van der Waals surface area (Å²) >= 11 is 0. The molecule has 0 aliphatic heterocycles. The molecule has 1 heterocycles. The summed E-state index contributed by atoms with van der Waals surface area (Å²) in [6, 6.07) is 16.7. The summed E-state index contributed by atoms with van der Waals surface area (Å²) in [6.07, 6.45) is 0. The van der Waals surface area contributed by atoms with Crippen LogP contribution in [0.4, 0.5) is 0 Å². The van der Waals surface area contributed by atoms with Crippen molar-refractivity contribution in [2.75, 3.05) is 6.61 Å². The number of benzene rings is 2. The molecular weight excluding hydrogens is 372 g/mol. The number of nitrogens with one attached hydrogen (secondary N) is 2. The Hall–Kier alpha value is -3.94. The van der Waals surface area contributed by atoms with Gasteiger partial charge in [-0.2, -0.15) is 9.78 Å². The molecule has 29 heavy (non-hydrogen) atoms. The molecule has 8 heteroatoms. The molecule has 8 nitrogen and oxygen atoms in total. The molecule has 3 rings (SSSR count). The van der Waals surface area contributed by atoms with Crippen molar-refractivity contribution in [3.63, 3.8) is 0 Å². The molecule has 0 fully saturated rings. The summed E-state index contributed by atoms with van der Waals surface area (Å²) in [5.41, 5.74) is 6.82. The highest BCUT2D eigenvalue weighted by Gasteiger charge is 2.12. The maximum atomic E-state index is 12.3. The summed E-state index contributed by atoms with van der Waals surface area (Å²) in [6.45, 7) is 3.67. The standard InChI is InChI=1S/C21H20N4O4/c1-14-8-9-17(12-15(14)2)29-13-19(26)22-23-21(28)18-10-11-20(27)25(24-18)16-6-4-3-5-7-16/h3-12H,13H2,1-2H3,(H,22,26)(H,23,28). The third kappa shape index (κ3) is 5.07. The van der Waals surface area contributed by atoms with Crippen LogP contribution in [0.1, 0.15) is 21.6 Å². The highest BCUT2D eigenvalue weighted by Crippen LogP contribution is 2.16. The SMILES string of the molecule is Cc1ccc(OCC(=O)NNC(=O)c2ccc(=O)n(-c3ccccc3)n2)cc1C. The number of aryl methyl sites for hydroxylation is 2. The number of para-hydroxylation sites is 1. The second kappa shape index (κ2) is 8.83. The van der Waals surface area contributed by atoms with E-state index in [1.165, 1.54) is 12.1 Å². The van der Waals surface area contributed by atoms with Gasteiger partial charge in [0, 0.05) is 6.07 Å². The lowest BCUT2D eigenvalue weighted by Crippen LogP contribution is -2.44. The van der Waals surface area contributed by atoms with Gasteiger partial charge in [-0.05, 0) is 55.3 Å². The molecule has 2 aromatic carbocycles. The van der Waals surface area contributed by atoms with Gasteiger partial charge in [-0.1, -0.05) is 24.3 Å². The van der Waals surface area contributed by atoms with Crippen LogP contribution in [0, 0.1) is 13.8 Å². The van der Waals surface area contributed by atoms with E-state index in [2.05, 4.69) is 16.0 Å². The number of nitrogens with zero attached hydrogens (tertiary/aromatic N) is 2. The van der Waals surface area contributed by atoms with E-state index in [1.54, 1.807) is 36.4 Å². The van der Waals surface area contributed by atoms with Gasteiger partial charge in [0.05, 0.1) is 5.69 Å². The number of rotatable bonds is 5. The first-order valence-corrected chi connectivity index (χ1v) is 8.89. The normalized spacial score (nSPS) is 10.3. The van der Waals surface area contributed by atoms with Crippen LogP contribution in [0.3, 0.4) is 0 Å². The Kier molecular flexibility index (Phi) is 6.03. The minimum absolute atomic E-state index is 0.0242. The number of hydrogen-bond donors (Lipinski definition) is 2. The van der Waals surface area contributed by atoms with Crippen molar-refractivity contribution in [1.82, 2.24) is 20.6 Å². The Bertz CT molecular complexity index is 1090. The van der Waals surface area contributed by atoms with Crippen LogP contribution >= 0.6 is 0 Å². The molecule has 0 saturated heterocycles. The summed E-state index contributed by atoms with van der Waals surface area (Å²) in [5, 5.41) is 4.04. The van der Waals surface area contributed by atoms with E-state index in [9.17, 15) is 14.4 Å². The number of ether oxygens (including phenoxy) is 1. The van der Waals surface area contributed by atoms with Crippen LogP contribution in [-0.2, 0) is 4.79 Å². The van der Waals surface area contributed by atoms with Crippen LogP contribution in [0.5, 0.6) is 5.75 Å². The quantitative estimate of drug-likeness (QED) is 0.644. The van der Waals surface area contributed by atoms with Gasteiger partial charge in [0.15, 0.2) is 12.3 Å². The number of carbonyl (C=O) groups is 2. The molecule has 0 spiro atoms. The first-order chi connectivity index (χ1) is 13.9. The molecule has 0 bridgehead atoms. The Morgan fingerprint density at radius 1 is 0.966 bits per heavy atom. The predicted octanol–water partition coefficient (Wildman–Crippen LogP) is 1.69. The van der Waals surface area contributed by atoms with Crippen molar-refractivity contribution < 1.29 is 14.3 Å². The molecular formula is C21H20N4O4. The molecule has 2 amide bonds. The smallest absolute Gasteiger partial charge is 0.290 e. The van der Waals surface area contributed by atoms with Gasteiger partial charge in [-0.15, -0.1) is 0 Å². The van der Waals surface area contributed by atoms with Crippen LogP contribution in [0.2, 0.25) is 0 Å². The van der Waals surface area contributed by atoms with Gasteiger partial charge in [-0.25, -0.2) is 0 Å². The molecule has 0 atom stereocenters. The first-order valence-electron chi connectivity index (χ1n) is 8.89. The third-order valence-corrected chi connectivity index (χ3v) is 4.20. The Balaban J connectivity index is 1.58. The van der Waals surface area contributed by atoms with Crippen LogP contribution in [0.15, 0.2) is 65.5 Å². The van der Waals surface area contributed by atoms with E-state index in [1.807, 2.05) is 26.0 Å². The van der Waals surface area contributed by atoms with Gasteiger partial charge < -0.3 is 4.74 Å². The zero-order chi connectivity index (χ0) is 20.8. The molecule has 2 N–H and O–H groups in total. The first kappa shape index (κ1) is 19.8. The summed E-state index contributed by atoms with van der Waals surface area (Å²) in [7, 11) is 0. The highest BCUT2D eigenvalue weighted by molar-refractivity contribution is 5.93. The largest absolute Gasteiger partial charge is 0.484 e. The molecule has 0 saturated carbocycles. The molecule has 1 aromatic heterocycles. The Labute approximate surface area is 167 Å². The number of hydrogen-bond acceptors (Lipinski definition) is 5. The van der Waals surface area contributed by atoms with E-state index < -0.39 is 11.8 Å². The van der Waals surface area contributed by atoms with Crippen LogP contribution < -0.4 is 21.1 Å².